The third-order valence-electron chi connectivity index (χ3n) is 1.20. The lowest BCUT2D eigenvalue weighted by atomic mass is 10.4. The molecule has 10 heavy (non-hydrogen) atoms. The minimum atomic E-state index is 0.283. The molecule has 1 rings (SSSR count). The van der Waals surface area contributed by atoms with Crippen molar-refractivity contribution in [3.8, 4) is 0 Å². The summed E-state index contributed by atoms with van der Waals surface area (Å²) in [6, 6.07) is 0. The average molecular weight is 161 g/mol. The van der Waals surface area contributed by atoms with E-state index < -0.39 is 0 Å². The minimum Gasteiger partial charge on any atom is -0.330 e. The molecule has 0 aromatic carbocycles. The SMILES string of the molecule is Cn1nc(Cl)nc1CCN. The fourth-order valence-electron chi connectivity index (χ4n) is 0.730. The van der Waals surface area contributed by atoms with Crippen LogP contribution in [0.5, 0.6) is 0 Å². The Labute approximate surface area is 64.0 Å². The molecule has 0 bridgehead atoms. The molecule has 1 aromatic heterocycles. The summed E-state index contributed by atoms with van der Waals surface area (Å²) in [6.45, 7) is 0.572. The van der Waals surface area contributed by atoms with Crippen molar-refractivity contribution < 1.29 is 0 Å². The number of nitrogens with two attached hydrogens (primary N) is 1. The summed E-state index contributed by atoms with van der Waals surface area (Å²) in [4.78, 5) is 3.94. The van der Waals surface area contributed by atoms with Crippen LogP contribution in [0.1, 0.15) is 5.82 Å². The molecule has 5 heteroatoms. The van der Waals surface area contributed by atoms with Crippen molar-refractivity contribution in [2.24, 2.45) is 12.8 Å². The Bertz CT molecular complexity index is 219. The summed E-state index contributed by atoms with van der Waals surface area (Å²) in [6.07, 6.45) is 0.718. The van der Waals surface area contributed by atoms with Crippen LogP contribution in [-0.4, -0.2) is 21.3 Å². The maximum absolute atomic E-state index is 5.52. The van der Waals surface area contributed by atoms with Gasteiger partial charge in [-0.1, -0.05) is 0 Å². The zero-order valence-corrected chi connectivity index (χ0v) is 6.47. The molecule has 0 saturated heterocycles. The summed E-state index contributed by atoms with van der Waals surface area (Å²) < 4.78 is 1.63. The second kappa shape index (κ2) is 2.98. The predicted octanol–water partition coefficient (Wildman–Crippen LogP) is -0.0303. The Morgan fingerprint density at radius 2 is 2.40 bits per heavy atom. The van der Waals surface area contributed by atoms with Gasteiger partial charge in [0.15, 0.2) is 0 Å². The van der Waals surface area contributed by atoms with Gasteiger partial charge < -0.3 is 5.73 Å². The second-order valence-electron chi connectivity index (χ2n) is 1.96. The van der Waals surface area contributed by atoms with E-state index in [9.17, 15) is 0 Å². The number of aryl methyl sites for hydroxylation is 1. The minimum absolute atomic E-state index is 0.283. The first-order valence-electron chi connectivity index (χ1n) is 2.99. The Kier molecular flexibility index (Phi) is 2.24. The Hall–Kier alpha value is -0.610. The molecule has 1 aromatic rings. The molecule has 0 atom stereocenters. The van der Waals surface area contributed by atoms with E-state index in [1.165, 1.54) is 0 Å². The standard InChI is InChI=1S/C5H9ClN4/c1-10-4(2-3-7)8-5(6)9-10/h2-3,7H2,1H3. The molecule has 0 amide bonds. The number of hydrogen-bond donors (Lipinski definition) is 1. The van der Waals surface area contributed by atoms with E-state index in [1.807, 2.05) is 0 Å². The van der Waals surface area contributed by atoms with Gasteiger partial charge in [0.1, 0.15) is 5.82 Å². The maximum Gasteiger partial charge on any atom is 0.242 e. The molecule has 0 unspecified atom stereocenters. The molecular weight excluding hydrogens is 152 g/mol. The van der Waals surface area contributed by atoms with E-state index in [0.717, 1.165) is 12.2 Å². The highest BCUT2D eigenvalue weighted by atomic mass is 35.5. The fraction of sp³-hybridized carbons (Fsp3) is 0.600. The monoisotopic (exact) mass is 160 g/mol. The van der Waals surface area contributed by atoms with Crippen LogP contribution < -0.4 is 5.73 Å². The Morgan fingerprint density at radius 1 is 1.70 bits per heavy atom. The maximum atomic E-state index is 5.52. The van der Waals surface area contributed by atoms with Gasteiger partial charge in [0.2, 0.25) is 5.28 Å². The highest BCUT2D eigenvalue weighted by Crippen LogP contribution is 2.01. The average Bonchev–Trinajstić information content (AvgIpc) is 2.13. The topological polar surface area (TPSA) is 56.7 Å². The first-order chi connectivity index (χ1) is 4.74. The second-order valence-corrected chi connectivity index (χ2v) is 2.30. The number of halogens is 1. The van der Waals surface area contributed by atoms with Crippen LogP contribution in [0.15, 0.2) is 0 Å². The summed E-state index contributed by atoms with van der Waals surface area (Å²) >= 11 is 5.52. The van der Waals surface area contributed by atoms with Crippen molar-refractivity contribution >= 4 is 11.6 Å². The van der Waals surface area contributed by atoms with E-state index in [0.29, 0.717) is 6.54 Å². The Morgan fingerprint density at radius 3 is 2.80 bits per heavy atom. The molecule has 2 N–H and O–H groups in total. The van der Waals surface area contributed by atoms with Gasteiger partial charge >= 0.3 is 0 Å². The van der Waals surface area contributed by atoms with Crippen LogP contribution in [0.3, 0.4) is 0 Å². The highest BCUT2D eigenvalue weighted by molar-refractivity contribution is 6.28. The van der Waals surface area contributed by atoms with Crippen molar-refractivity contribution in [1.82, 2.24) is 14.8 Å². The van der Waals surface area contributed by atoms with E-state index in [2.05, 4.69) is 10.1 Å². The van der Waals surface area contributed by atoms with Crippen molar-refractivity contribution in [2.45, 2.75) is 6.42 Å². The van der Waals surface area contributed by atoms with Crippen LogP contribution in [0, 0.1) is 0 Å². The van der Waals surface area contributed by atoms with Crippen LogP contribution >= 0.6 is 11.6 Å². The number of nitrogens with zero attached hydrogens (tertiary/aromatic N) is 3. The largest absolute Gasteiger partial charge is 0.330 e. The van der Waals surface area contributed by atoms with Gasteiger partial charge in [0, 0.05) is 13.5 Å². The van der Waals surface area contributed by atoms with Crippen molar-refractivity contribution in [3.05, 3.63) is 11.1 Å². The van der Waals surface area contributed by atoms with Crippen molar-refractivity contribution in [3.63, 3.8) is 0 Å². The fourth-order valence-corrected chi connectivity index (χ4v) is 0.940. The number of rotatable bonds is 2. The van der Waals surface area contributed by atoms with E-state index in [1.54, 1.807) is 11.7 Å². The highest BCUT2D eigenvalue weighted by Gasteiger charge is 2.01. The van der Waals surface area contributed by atoms with Gasteiger partial charge in [-0.05, 0) is 18.1 Å². The van der Waals surface area contributed by atoms with E-state index >= 15 is 0 Å². The summed E-state index contributed by atoms with van der Waals surface area (Å²) in [5.74, 6) is 0.826. The molecule has 0 aliphatic heterocycles. The van der Waals surface area contributed by atoms with Gasteiger partial charge in [0.05, 0.1) is 0 Å². The molecule has 4 nitrogen and oxygen atoms in total. The molecule has 0 aliphatic rings. The third-order valence-corrected chi connectivity index (χ3v) is 1.36. The van der Waals surface area contributed by atoms with Crippen LogP contribution in [-0.2, 0) is 13.5 Å². The summed E-state index contributed by atoms with van der Waals surface area (Å²) in [7, 11) is 1.80. The smallest absolute Gasteiger partial charge is 0.242 e. The van der Waals surface area contributed by atoms with Gasteiger partial charge in [-0.25, -0.2) is 4.98 Å². The van der Waals surface area contributed by atoms with Crippen LogP contribution in [0.25, 0.3) is 0 Å². The van der Waals surface area contributed by atoms with Gasteiger partial charge in [-0.2, -0.15) is 0 Å². The molecule has 0 aliphatic carbocycles. The third kappa shape index (κ3) is 1.46. The lowest BCUT2D eigenvalue weighted by molar-refractivity contribution is 0.696. The van der Waals surface area contributed by atoms with Crippen molar-refractivity contribution in [1.29, 1.82) is 0 Å². The first-order valence-corrected chi connectivity index (χ1v) is 3.37. The molecule has 56 valence electrons. The molecule has 0 fully saturated rings. The lowest BCUT2D eigenvalue weighted by Crippen LogP contribution is -2.08. The summed E-state index contributed by atoms with van der Waals surface area (Å²) in [5.41, 5.74) is 5.31. The van der Waals surface area contributed by atoms with E-state index in [4.69, 9.17) is 17.3 Å². The van der Waals surface area contributed by atoms with Crippen LogP contribution in [0.4, 0.5) is 0 Å². The molecule has 0 radical (unpaired) electrons. The quantitative estimate of drug-likeness (QED) is 0.661. The van der Waals surface area contributed by atoms with E-state index in [-0.39, 0.29) is 5.28 Å². The van der Waals surface area contributed by atoms with Gasteiger partial charge in [-0.15, -0.1) is 5.10 Å². The normalized spacial score (nSPS) is 10.3. The Balaban J connectivity index is 2.81. The lowest BCUT2D eigenvalue weighted by Gasteiger charge is -1.93. The first kappa shape index (κ1) is 7.50. The predicted molar refractivity (Wildman–Crippen MR) is 38.8 cm³/mol. The zero-order chi connectivity index (χ0) is 7.56. The molecule has 0 saturated carbocycles. The number of hydrogen-bond acceptors (Lipinski definition) is 3. The van der Waals surface area contributed by atoms with Gasteiger partial charge in [0.25, 0.3) is 0 Å². The molecule has 0 spiro atoms. The van der Waals surface area contributed by atoms with Crippen LogP contribution in [0.2, 0.25) is 5.28 Å². The van der Waals surface area contributed by atoms with Crippen molar-refractivity contribution in [2.75, 3.05) is 6.54 Å². The van der Waals surface area contributed by atoms with Gasteiger partial charge in [-0.3, -0.25) is 4.68 Å². The molecule has 1 heterocycles. The molecular formula is C5H9ClN4. The summed E-state index contributed by atoms with van der Waals surface area (Å²) in [5, 5.41) is 4.13. The zero-order valence-electron chi connectivity index (χ0n) is 5.71. The number of aromatic nitrogens is 3.